The van der Waals surface area contributed by atoms with Crippen LogP contribution < -0.4 is 0 Å². The number of halogens is 2. The number of hydrogen-bond donors (Lipinski definition) is 1. The van der Waals surface area contributed by atoms with E-state index in [0.717, 1.165) is 38.0 Å². The Morgan fingerprint density at radius 3 is 2.79 bits per heavy atom. The number of likely N-dealkylation sites (tertiary alicyclic amines) is 1. The van der Waals surface area contributed by atoms with Crippen LogP contribution in [0.1, 0.15) is 28.8 Å². The largest absolute Gasteiger partial charge is 0.506 e. The Balaban J connectivity index is 1.67. The van der Waals surface area contributed by atoms with Gasteiger partial charge in [-0.3, -0.25) is 9.69 Å². The average molecular weight is 364 g/mol. The van der Waals surface area contributed by atoms with E-state index >= 15 is 0 Å². The molecule has 0 aliphatic carbocycles. The van der Waals surface area contributed by atoms with E-state index in [9.17, 15) is 9.90 Å². The summed E-state index contributed by atoms with van der Waals surface area (Å²) in [6.07, 6.45) is 1.89. The standard InChI is InChI=1S/C19H19Cl2NO2/c20-16-5-1-3-14(10-16)19(24)15-4-2-8-22(12-15)11-13-6-7-18(23)17(21)9-13/h1,3,5-7,9-10,15,23H,2,4,8,11-12H2/t15-/m1/s1. The van der Waals surface area contributed by atoms with Crippen molar-refractivity contribution in [1.29, 1.82) is 0 Å². The maximum absolute atomic E-state index is 12.7. The van der Waals surface area contributed by atoms with Crippen LogP contribution in [0.5, 0.6) is 5.75 Å². The number of phenols is 1. The lowest BCUT2D eigenvalue weighted by Gasteiger charge is -2.32. The SMILES string of the molecule is O=C(c1cccc(Cl)c1)[C@@H]1CCCN(Cc2ccc(O)c(Cl)c2)C1. The molecule has 1 heterocycles. The summed E-state index contributed by atoms with van der Waals surface area (Å²) in [4.78, 5) is 15.0. The first-order valence-electron chi connectivity index (χ1n) is 8.02. The molecule has 1 N–H and O–H groups in total. The van der Waals surface area contributed by atoms with E-state index in [1.54, 1.807) is 24.3 Å². The molecule has 126 valence electrons. The first-order valence-corrected chi connectivity index (χ1v) is 8.78. The summed E-state index contributed by atoms with van der Waals surface area (Å²) in [5.41, 5.74) is 1.72. The molecule has 1 saturated heterocycles. The quantitative estimate of drug-likeness (QED) is 0.793. The third-order valence-corrected chi connectivity index (χ3v) is 4.94. The Morgan fingerprint density at radius 2 is 2.04 bits per heavy atom. The molecule has 0 saturated carbocycles. The normalized spacial score (nSPS) is 18.5. The minimum Gasteiger partial charge on any atom is -0.506 e. The van der Waals surface area contributed by atoms with Gasteiger partial charge in [0.2, 0.25) is 0 Å². The van der Waals surface area contributed by atoms with E-state index in [2.05, 4.69) is 4.90 Å². The zero-order valence-electron chi connectivity index (χ0n) is 13.2. The summed E-state index contributed by atoms with van der Waals surface area (Å²) in [7, 11) is 0. The molecule has 2 aromatic carbocycles. The van der Waals surface area contributed by atoms with Gasteiger partial charge in [-0.2, -0.15) is 0 Å². The van der Waals surface area contributed by atoms with Gasteiger partial charge in [0.15, 0.2) is 5.78 Å². The van der Waals surface area contributed by atoms with Crippen molar-refractivity contribution in [1.82, 2.24) is 4.90 Å². The Bertz CT molecular complexity index is 748. The molecule has 1 aliphatic heterocycles. The first kappa shape index (κ1) is 17.3. The van der Waals surface area contributed by atoms with E-state index in [0.29, 0.717) is 15.6 Å². The molecule has 0 spiro atoms. The van der Waals surface area contributed by atoms with Crippen LogP contribution in [0, 0.1) is 5.92 Å². The molecule has 1 aliphatic rings. The van der Waals surface area contributed by atoms with Crippen molar-refractivity contribution in [3.05, 3.63) is 63.6 Å². The lowest BCUT2D eigenvalue weighted by atomic mass is 9.90. The fourth-order valence-electron chi connectivity index (χ4n) is 3.20. The van der Waals surface area contributed by atoms with E-state index in [4.69, 9.17) is 23.2 Å². The predicted octanol–water partition coefficient (Wildman–Crippen LogP) is 4.79. The molecular weight excluding hydrogens is 345 g/mol. The monoisotopic (exact) mass is 363 g/mol. The van der Waals surface area contributed by atoms with Crippen LogP contribution in [0.25, 0.3) is 0 Å². The van der Waals surface area contributed by atoms with Crippen LogP contribution in [0.2, 0.25) is 10.0 Å². The summed E-state index contributed by atoms with van der Waals surface area (Å²) < 4.78 is 0. The Kier molecular flexibility index (Phi) is 5.44. The van der Waals surface area contributed by atoms with Gasteiger partial charge in [-0.15, -0.1) is 0 Å². The molecule has 0 unspecified atom stereocenters. The van der Waals surface area contributed by atoms with Crippen LogP contribution in [0.4, 0.5) is 0 Å². The molecule has 24 heavy (non-hydrogen) atoms. The van der Waals surface area contributed by atoms with E-state index in [1.807, 2.05) is 18.2 Å². The number of ketones is 1. The second-order valence-electron chi connectivity index (χ2n) is 6.23. The Labute approximate surface area is 151 Å². The lowest BCUT2D eigenvalue weighted by molar-refractivity contribution is 0.0811. The van der Waals surface area contributed by atoms with Crippen LogP contribution in [0.3, 0.4) is 0 Å². The number of carbonyl (C=O) groups is 1. The maximum atomic E-state index is 12.7. The van der Waals surface area contributed by atoms with Crippen molar-refractivity contribution in [2.75, 3.05) is 13.1 Å². The minimum atomic E-state index is -0.00944. The van der Waals surface area contributed by atoms with Crippen molar-refractivity contribution < 1.29 is 9.90 Å². The second kappa shape index (κ2) is 7.56. The topological polar surface area (TPSA) is 40.5 Å². The highest BCUT2D eigenvalue weighted by molar-refractivity contribution is 6.32. The summed E-state index contributed by atoms with van der Waals surface area (Å²) in [6.45, 7) is 2.40. The number of aromatic hydroxyl groups is 1. The van der Waals surface area contributed by atoms with Crippen molar-refractivity contribution >= 4 is 29.0 Å². The summed E-state index contributed by atoms with van der Waals surface area (Å²) in [6, 6.07) is 12.4. The minimum absolute atomic E-state index is 0.00944. The highest BCUT2D eigenvalue weighted by Crippen LogP contribution is 2.27. The van der Waals surface area contributed by atoms with Gasteiger partial charge in [0.25, 0.3) is 0 Å². The molecule has 0 radical (unpaired) electrons. The zero-order valence-corrected chi connectivity index (χ0v) is 14.7. The molecule has 0 aromatic heterocycles. The van der Waals surface area contributed by atoms with E-state index in [-0.39, 0.29) is 17.5 Å². The van der Waals surface area contributed by atoms with Crippen LogP contribution in [-0.2, 0) is 6.54 Å². The van der Waals surface area contributed by atoms with Gasteiger partial charge in [0, 0.05) is 29.6 Å². The molecule has 0 amide bonds. The fourth-order valence-corrected chi connectivity index (χ4v) is 3.59. The Morgan fingerprint density at radius 1 is 1.21 bits per heavy atom. The van der Waals surface area contributed by atoms with E-state index < -0.39 is 0 Å². The summed E-state index contributed by atoms with van der Waals surface area (Å²) in [5.74, 6) is 0.240. The van der Waals surface area contributed by atoms with Gasteiger partial charge in [0.1, 0.15) is 5.75 Å². The average Bonchev–Trinajstić information content (AvgIpc) is 2.58. The van der Waals surface area contributed by atoms with Crippen molar-refractivity contribution in [3.63, 3.8) is 0 Å². The number of benzene rings is 2. The number of nitrogens with zero attached hydrogens (tertiary/aromatic N) is 1. The highest BCUT2D eigenvalue weighted by atomic mass is 35.5. The molecule has 2 aromatic rings. The number of hydrogen-bond acceptors (Lipinski definition) is 3. The fraction of sp³-hybridized carbons (Fsp3) is 0.316. The van der Waals surface area contributed by atoms with Gasteiger partial charge in [-0.05, 0) is 49.2 Å². The van der Waals surface area contributed by atoms with Crippen molar-refractivity contribution in [3.8, 4) is 5.75 Å². The third kappa shape index (κ3) is 4.10. The lowest BCUT2D eigenvalue weighted by Crippen LogP contribution is -2.38. The smallest absolute Gasteiger partial charge is 0.167 e. The van der Waals surface area contributed by atoms with Crippen molar-refractivity contribution in [2.24, 2.45) is 5.92 Å². The van der Waals surface area contributed by atoms with Gasteiger partial charge < -0.3 is 5.11 Å². The van der Waals surface area contributed by atoms with Gasteiger partial charge in [-0.1, -0.05) is 41.4 Å². The maximum Gasteiger partial charge on any atom is 0.167 e. The second-order valence-corrected chi connectivity index (χ2v) is 7.08. The molecule has 1 atom stereocenters. The number of carbonyl (C=O) groups excluding carboxylic acids is 1. The van der Waals surface area contributed by atoms with Crippen LogP contribution in [0.15, 0.2) is 42.5 Å². The molecule has 5 heteroatoms. The van der Waals surface area contributed by atoms with Gasteiger partial charge >= 0.3 is 0 Å². The highest BCUT2D eigenvalue weighted by Gasteiger charge is 2.26. The number of Topliss-reactive ketones (excluding diaryl/α,β-unsaturated/α-hetero) is 1. The number of piperidine rings is 1. The number of phenolic OH excluding ortho intramolecular Hbond substituents is 1. The molecular formula is C19H19Cl2NO2. The van der Waals surface area contributed by atoms with Gasteiger partial charge in [0.05, 0.1) is 5.02 Å². The summed E-state index contributed by atoms with van der Waals surface area (Å²) >= 11 is 12.0. The summed E-state index contributed by atoms with van der Waals surface area (Å²) in [5, 5.41) is 10.5. The van der Waals surface area contributed by atoms with Gasteiger partial charge in [-0.25, -0.2) is 0 Å². The van der Waals surface area contributed by atoms with E-state index in [1.165, 1.54) is 0 Å². The first-order chi connectivity index (χ1) is 11.5. The molecule has 1 fully saturated rings. The third-order valence-electron chi connectivity index (χ3n) is 4.40. The molecule has 3 rings (SSSR count). The van der Waals surface area contributed by atoms with Crippen molar-refractivity contribution in [2.45, 2.75) is 19.4 Å². The predicted molar refractivity (Wildman–Crippen MR) is 96.9 cm³/mol. The van der Waals surface area contributed by atoms with Crippen LogP contribution in [-0.4, -0.2) is 28.9 Å². The molecule has 0 bridgehead atoms. The Hall–Kier alpha value is -1.55. The zero-order chi connectivity index (χ0) is 17.1. The molecule has 3 nitrogen and oxygen atoms in total. The van der Waals surface area contributed by atoms with Crippen LogP contribution >= 0.6 is 23.2 Å². The number of rotatable bonds is 4.